The molecular weight excluding hydrogens is 462 g/mol. The minimum atomic E-state index is -1.30. The van der Waals surface area contributed by atoms with E-state index in [2.05, 4.69) is 4.98 Å². The van der Waals surface area contributed by atoms with Crippen molar-refractivity contribution in [2.45, 2.75) is 20.0 Å². The van der Waals surface area contributed by atoms with Gasteiger partial charge in [0.1, 0.15) is 23.5 Å². The Kier molecular flexibility index (Phi) is 8.34. The maximum absolute atomic E-state index is 14.1. The van der Waals surface area contributed by atoms with Crippen LogP contribution in [0.2, 0.25) is 5.02 Å². The first-order valence-electron chi connectivity index (χ1n) is 10.4. The van der Waals surface area contributed by atoms with Crippen LogP contribution in [0.25, 0.3) is 6.08 Å². The molecule has 0 bridgehead atoms. The van der Waals surface area contributed by atoms with Crippen molar-refractivity contribution < 1.29 is 23.0 Å². The van der Waals surface area contributed by atoms with Crippen LogP contribution in [0.4, 0.5) is 8.78 Å². The van der Waals surface area contributed by atoms with Gasteiger partial charge in [0.2, 0.25) is 12.0 Å². The van der Waals surface area contributed by atoms with Crippen molar-refractivity contribution in [1.82, 2.24) is 4.98 Å². The van der Waals surface area contributed by atoms with Gasteiger partial charge in [0.25, 0.3) is 0 Å². The molecule has 0 amide bonds. The summed E-state index contributed by atoms with van der Waals surface area (Å²) in [6, 6.07) is 17.6. The number of ether oxygens (including phenoxy) is 2. The Morgan fingerprint density at radius 3 is 2.38 bits per heavy atom. The van der Waals surface area contributed by atoms with Crippen LogP contribution in [0, 0.1) is 34.8 Å². The smallest absolute Gasteiger partial charge is 0.314 e. The number of pyridine rings is 1. The molecule has 0 aliphatic heterocycles. The summed E-state index contributed by atoms with van der Waals surface area (Å²) in [6.07, 6.45) is 1.21. The van der Waals surface area contributed by atoms with Crippen LogP contribution in [0.1, 0.15) is 31.2 Å². The molecule has 0 aliphatic carbocycles. The number of para-hydroxylation sites is 1. The van der Waals surface area contributed by atoms with Gasteiger partial charge in [-0.1, -0.05) is 61.9 Å². The van der Waals surface area contributed by atoms with Crippen molar-refractivity contribution in [1.29, 1.82) is 5.26 Å². The molecule has 2 unspecified atom stereocenters. The zero-order valence-electron chi connectivity index (χ0n) is 18.4. The van der Waals surface area contributed by atoms with Crippen LogP contribution in [0.3, 0.4) is 0 Å². The number of carbonyl (C=O) groups excluding carboxylic acids is 1. The number of esters is 1. The van der Waals surface area contributed by atoms with Gasteiger partial charge in [-0.05, 0) is 36.2 Å². The second-order valence-corrected chi connectivity index (χ2v) is 8.11. The van der Waals surface area contributed by atoms with E-state index in [1.54, 1.807) is 50.2 Å². The molecule has 174 valence electrons. The predicted molar refractivity (Wildman–Crippen MR) is 124 cm³/mol. The SMILES string of the molecule is CC(C)C(C=Cc1c(F)cc(Cl)cc1F)C(=O)OC(C#N)c1cccc(Oc2ccccc2)n1. The molecule has 5 nitrogen and oxygen atoms in total. The molecular formula is C26H21ClF2N2O3. The number of nitriles is 1. The first-order valence-corrected chi connectivity index (χ1v) is 10.8. The summed E-state index contributed by atoms with van der Waals surface area (Å²) in [6.45, 7) is 3.50. The van der Waals surface area contributed by atoms with Crippen LogP contribution < -0.4 is 4.74 Å². The zero-order chi connectivity index (χ0) is 24.7. The van der Waals surface area contributed by atoms with Crippen molar-refractivity contribution >= 4 is 23.6 Å². The quantitative estimate of drug-likeness (QED) is 0.326. The summed E-state index contributed by atoms with van der Waals surface area (Å²) < 4.78 is 39.3. The fraction of sp³-hybridized carbons (Fsp3) is 0.192. The number of nitrogens with zero attached hydrogens (tertiary/aromatic N) is 2. The molecule has 0 saturated heterocycles. The standard InChI is InChI=1S/C26H21ClF2N2O3/c1-16(2)19(11-12-20-21(28)13-17(27)14-22(20)29)26(32)34-24(15-30)23-9-6-10-25(31-23)33-18-7-4-3-5-8-18/h3-14,16,19,24H,1-2H3. The molecule has 0 fully saturated rings. The molecule has 3 aromatic rings. The third-order valence-electron chi connectivity index (χ3n) is 4.84. The number of hydrogen-bond acceptors (Lipinski definition) is 5. The maximum Gasteiger partial charge on any atom is 0.314 e. The Morgan fingerprint density at radius 2 is 1.76 bits per heavy atom. The zero-order valence-corrected chi connectivity index (χ0v) is 19.2. The first-order chi connectivity index (χ1) is 16.3. The van der Waals surface area contributed by atoms with Crippen LogP contribution in [0.5, 0.6) is 11.6 Å². The third kappa shape index (κ3) is 6.40. The topological polar surface area (TPSA) is 72.2 Å². The second kappa shape index (κ2) is 11.4. The van der Waals surface area contributed by atoms with Crippen molar-refractivity contribution in [3.05, 3.63) is 94.7 Å². The Morgan fingerprint density at radius 1 is 1.09 bits per heavy atom. The van der Waals surface area contributed by atoms with Gasteiger partial charge in [0, 0.05) is 16.7 Å². The Bertz CT molecular complexity index is 1200. The monoisotopic (exact) mass is 482 g/mol. The van der Waals surface area contributed by atoms with Gasteiger partial charge in [0.05, 0.1) is 11.6 Å². The average Bonchev–Trinajstić information content (AvgIpc) is 2.79. The van der Waals surface area contributed by atoms with Gasteiger partial charge in [0.15, 0.2) is 0 Å². The summed E-state index contributed by atoms with van der Waals surface area (Å²) in [5, 5.41) is 9.52. The number of rotatable bonds is 8. The Balaban J connectivity index is 1.77. The molecule has 34 heavy (non-hydrogen) atoms. The Labute approximate surface area is 201 Å². The van der Waals surface area contributed by atoms with E-state index in [-0.39, 0.29) is 28.1 Å². The highest BCUT2D eigenvalue weighted by Gasteiger charge is 2.26. The third-order valence-corrected chi connectivity index (χ3v) is 5.05. The highest BCUT2D eigenvalue weighted by Crippen LogP contribution is 2.26. The Hall–Kier alpha value is -3.76. The molecule has 2 atom stereocenters. The predicted octanol–water partition coefficient (Wildman–Crippen LogP) is 6.90. The molecule has 0 aliphatic rings. The van der Waals surface area contributed by atoms with E-state index >= 15 is 0 Å². The molecule has 3 rings (SSSR count). The summed E-state index contributed by atoms with van der Waals surface area (Å²) in [4.78, 5) is 17.1. The van der Waals surface area contributed by atoms with Crippen LogP contribution in [-0.4, -0.2) is 11.0 Å². The van der Waals surface area contributed by atoms with Crippen LogP contribution in [0.15, 0.2) is 66.7 Å². The van der Waals surface area contributed by atoms with Gasteiger partial charge in [-0.15, -0.1) is 0 Å². The lowest BCUT2D eigenvalue weighted by molar-refractivity contribution is -0.151. The van der Waals surface area contributed by atoms with E-state index in [1.807, 2.05) is 12.1 Å². The lowest BCUT2D eigenvalue weighted by atomic mass is 9.94. The largest absolute Gasteiger partial charge is 0.440 e. The number of halogens is 3. The number of carbonyl (C=O) groups is 1. The molecule has 0 spiro atoms. The van der Waals surface area contributed by atoms with E-state index in [1.165, 1.54) is 18.2 Å². The van der Waals surface area contributed by atoms with E-state index in [9.17, 15) is 18.8 Å². The lowest BCUT2D eigenvalue weighted by Gasteiger charge is -2.18. The van der Waals surface area contributed by atoms with Gasteiger partial charge in [-0.3, -0.25) is 4.79 Å². The van der Waals surface area contributed by atoms with Crippen molar-refractivity contribution in [2.75, 3.05) is 0 Å². The minimum Gasteiger partial charge on any atom is -0.440 e. The van der Waals surface area contributed by atoms with E-state index < -0.39 is 29.6 Å². The average molecular weight is 483 g/mol. The van der Waals surface area contributed by atoms with E-state index in [0.717, 1.165) is 12.1 Å². The van der Waals surface area contributed by atoms with Crippen molar-refractivity contribution in [2.24, 2.45) is 11.8 Å². The minimum absolute atomic E-state index is 0.0743. The molecule has 0 N–H and O–H groups in total. The summed E-state index contributed by atoms with van der Waals surface area (Å²) >= 11 is 5.65. The normalized spacial score (nSPS) is 12.9. The number of aromatic nitrogens is 1. The number of benzene rings is 2. The van der Waals surface area contributed by atoms with Gasteiger partial charge in [-0.2, -0.15) is 5.26 Å². The molecule has 1 aromatic heterocycles. The van der Waals surface area contributed by atoms with Gasteiger partial charge >= 0.3 is 5.97 Å². The first kappa shape index (κ1) is 24.9. The van der Waals surface area contributed by atoms with E-state index in [4.69, 9.17) is 21.1 Å². The highest BCUT2D eigenvalue weighted by molar-refractivity contribution is 6.30. The molecule has 8 heteroatoms. The van der Waals surface area contributed by atoms with Crippen molar-refractivity contribution in [3.8, 4) is 17.7 Å². The molecule has 0 saturated carbocycles. The fourth-order valence-electron chi connectivity index (χ4n) is 3.08. The molecule has 1 heterocycles. The maximum atomic E-state index is 14.1. The van der Waals surface area contributed by atoms with Gasteiger partial charge < -0.3 is 9.47 Å². The lowest BCUT2D eigenvalue weighted by Crippen LogP contribution is -2.23. The molecule has 0 radical (unpaired) electrons. The second-order valence-electron chi connectivity index (χ2n) is 7.67. The number of hydrogen-bond donors (Lipinski definition) is 0. The summed E-state index contributed by atoms with van der Waals surface area (Å²) in [5.74, 6) is -2.80. The van der Waals surface area contributed by atoms with Crippen LogP contribution in [-0.2, 0) is 9.53 Å². The van der Waals surface area contributed by atoms with Crippen LogP contribution >= 0.6 is 11.6 Å². The molecule has 2 aromatic carbocycles. The fourth-order valence-corrected chi connectivity index (χ4v) is 3.27. The summed E-state index contributed by atoms with van der Waals surface area (Å²) in [7, 11) is 0. The highest BCUT2D eigenvalue weighted by atomic mass is 35.5. The van der Waals surface area contributed by atoms with Gasteiger partial charge in [-0.25, -0.2) is 13.8 Å². The van der Waals surface area contributed by atoms with E-state index in [0.29, 0.717) is 5.75 Å². The van der Waals surface area contributed by atoms with Crippen molar-refractivity contribution in [3.63, 3.8) is 0 Å². The summed E-state index contributed by atoms with van der Waals surface area (Å²) in [5.41, 5.74) is -0.141.